The Bertz CT molecular complexity index is 916. The van der Waals surface area contributed by atoms with Gasteiger partial charge in [-0.1, -0.05) is 15.9 Å². The van der Waals surface area contributed by atoms with Crippen molar-refractivity contribution in [1.82, 2.24) is 19.6 Å². The minimum absolute atomic E-state index is 0.123. The van der Waals surface area contributed by atoms with Crippen molar-refractivity contribution in [2.75, 3.05) is 5.32 Å². The molecule has 0 radical (unpaired) electrons. The normalized spacial score (nSPS) is 23.2. The largest absolute Gasteiger partial charge is 0.507 e. The number of nitrogens with zero attached hydrogens (tertiary/aromatic N) is 4. The molecule has 3 aromatic rings. The predicted octanol–water partition coefficient (Wildman–Crippen LogP) is 2.58. The van der Waals surface area contributed by atoms with Gasteiger partial charge in [-0.2, -0.15) is 0 Å². The molecule has 4 rings (SSSR count). The Morgan fingerprint density at radius 3 is 2.83 bits per heavy atom. The maximum atomic E-state index is 10.2. The van der Waals surface area contributed by atoms with Gasteiger partial charge in [0.1, 0.15) is 17.8 Å². The molecule has 3 N–H and O–H groups in total. The van der Waals surface area contributed by atoms with Crippen LogP contribution in [0.1, 0.15) is 19.8 Å². The number of fused-ring (bicyclic) bond motifs is 1. The molecule has 0 unspecified atom stereocenters. The van der Waals surface area contributed by atoms with Crippen LogP contribution in [0.3, 0.4) is 0 Å². The summed E-state index contributed by atoms with van der Waals surface area (Å²) < 4.78 is 2.59. The number of imidazole rings is 1. The number of aliphatic hydroxyl groups is 1. The van der Waals surface area contributed by atoms with E-state index in [9.17, 15) is 10.2 Å². The summed E-state index contributed by atoms with van der Waals surface area (Å²) in [5.74, 6) is 0.695. The van der Waals surface area contributed by atoms with Gasteiger partial charge in [-0.15, -0.1) is 10.2 Å². The van der Waals surface area contributed by atoms with E-state index in [0.29, 0.717) is 30.0 Å². The number of aromatic nitrogens is 4. The van der Waals surface area contributed by atoms with E-state index in [-0.39, 0.29) is 11.8 Å². The Labute approximate surface area is 146 Å². The van der Waals surface area contributed by atoms with E-state index >= 15 is 0 Å². The van der Waals surface area contributed by atoms with Crippen molar-refractivity contribution in [3.63, 3.8) is 0 Å². The van der Waals surface area contributed by atoms with Gasteiger partial charge in [0.25, 0.3) is 0 Å². The lowest BCUT2D eigenvalue weighted by atomic mass is 9.77. The smallest absolute Gasteiger partial charge is 0.229 e. The zero-order valence-electron chi connectivity index (χ0n) is 12.9. The summed E-state index contributed by atoms with van der Waals surface area (Å²) >= 11 is 3.33. The molecule has 1 aromatic carbocycles. The minimum atomic E-state index is -0.609. The molecule has 24 heavy (non-hydrogen) atoms. The first-order valence-electron chi connectivity index (χ1n) is 7.59. The molecule has 7 nitrogen and oxygen atoms in total. The van der Waals surface area contributed by atoms with Crippen molar-refractivity contribution in [3.05, 3.63) is 35.2 Å². The topological polar surface area (TPSA) is 95.6 Å². The van der Waals surface area contributed by atoms with Crippen LogP contribution >= 0.6 is 15.9 Å². The summed E-state index contributed by atoms with van der Waals surface area (Å²) in [6.07, 6.45) is 4.68. The molecule has 1 aliphatic rings. The van der Waals surface area contributed by atoms with Gasteiger partial charge < -0.3 is 15.5 Å². The van der Waals surface area contributed by atoms with Crippen molar-refractivity contribution in [3.8, 4) is 17.0 Å². The number of phenolic OH excluding ortho intramolecular Hbond substituents is 1. The SMILES string of the molecule is CC1(O)CC(Nc2nnc(-c3ccc(Br)cc3O)c3cncn23)C1. The summed E-state index contributed by atoms with van der Waals surface area (Å²) in [7, 11) is 0. The molecule has 8 heteroatoms. The first-order valence-corrected chi connectivity index (χ1v) is 8.39. The number of phenols is 1. The Hall–Kier alpha value is -2.19. The second kappa shape index (κ2) is 5.42. The number of nitrogens with one attached hydrogen (secondary N) is 1. The van der Waals surface area contributed by atoms with Crippen molar-refractivity contribution in [2.24, 2.45) is 0 Å². The fourth-order valence-electron chi connectivity index (χ4n) is 3.12. The first kappa shape index (κ1) is 15.3. The van der Waals surface area contributed by atoms with Gasteiger partial charge in [-0.05, 0) is 38.0 Å². The van der Waals surface area contributed by atoms with Crippen LogP contribution in [0.25, 0.3) is 16.8 Å². The fraction of sp³-hybridized carbons (Fsp3) is 0.312. The zero-order valence-corrected chi connectivity index (χ0v) is 14.5. The molecule has 2 heterocycles. The molecule has 0 bridgehead atoms. The lowest BCUT2D eigenvalue weighted by Crippen LogP contribution is -2.48. The van der Waals surface area contributed by atoms with Gasteiger partial charge in [0, 0.05) is 16.1 Å². The van der Waals surface area contributed by atoms with Gasteiger partial charge in [-0.3, -0.25) is 4.40 Å². The number of rotatable bonds is 3. The van der Waals surface area contributed by atoms with Crippen LogP contribution in [0.4, 0.5) is 5.95 Å². The van der Waals surface area contributed by atoms with E-state index in [1.807, 2.05) is 13.0 Å². The van der Waals surface area contributed by atoms with Crippen LogP contribution in [-0.2, 0) is 0 Å². The van der Waals surface area contributed by atoms with Gasteiger partial charge in [0.2, 0.25) is 5.95 Å². The summed E-state index contributed by atoms with van der Waals surface area (Å²) in [5, 5.41) is 31.9. The quantitative estimate of drug-likeness (QED) is 0.636. The molecule has 0 atom stereocenters. The molecular weight excluding hydrogens is 374 g/mol. The standard InChI is InChI=1S/C16H16BrN5O2/c1-16(24)5-10(6-16)19-15-21-20-14(12-7-18-8-22(12)15)11-3-2-9(17)4-13(11)23/h2-4,7-8,10,23-24H,5-6H2,1H3,(H,19,21). The second-order valence-electron chi connectivity index (χ2n) is 6.43. The lowest BCUT2D eigenvalue weighted by molar-refractivity contribution is -0.0236. The highest BCUT2D eigenvalue weighted by molar-refractivity contribution is 9.10. The van der Waals surface area contributed by atoms with Crippen LogP contribution < -0.4 is 5.32 Å². The molecule has 1 saturated carbocycles. The predicted molar refractivity (Wildman–Crippen MR) is 92.9 cm³/mol. The molecule has 0 aliphatic heterocycles. The molecule has 0 amide bonds. The molecule has 0 spiro atoms. The highest BCUT2D eigenvalue weighted by Gasteiger charge is 2.38. The van der Waals surface area contributed by atoms with E-state index in [1.54, 1.807) is 29.1 Å². The van der Waals surface area contributed by atoms with Crippen LogP contribution in [0.5, 0.6) is 5.75 Å². The summed E-state index contributed by atoms with van der Waals surface area (Å²) in [6.45, 7) is 1.82. The van der Waals surface area contributed by atoms with Gasteiger partial charge in [-0.25, -0.2) is 4.98 Å². The van der Waals surface area contributed by atoms with Crippen LogP contribution in [0.15, 0.2) is 35.2 Å². The second-order valence-corrected chi connectivity index (χ2v) is 7.34. The Morgan fingerprint density at radius 2 is 2.12 bits per heavy atom. The molecule has 124 valence electrons. The van der Waals surface area contributed by atoms with Crippen molar-refractivity contribution in [2.45, 2.75) is 31.4 Å². The zero-order chi connectivity index (χ0) is 16.9. The van der Waals surface area contributed by atoms with Crippen LogP contribution in [0.2, 0.25) is 0 Å². The number of anilines is 1. The van der Waals surface area contributed by atoms with Crippen molar-refractivity contribution >= 4 is 27.4 Å². The molecule has 1 fully saturated rings. The minimum Gasteiger partial charge on any atom is -0.507 e. The van der Waals surface area contributed by atoms with Gasteiger partial charge in [0.15, 0.2) is 0 Å². The number of hydrogen-bond donors (Lipinski definition) is 3. The summed E-state index contributed by atoms with van der Waals surface area (Å²) in [5.41, 5.74) is 1.29. The monoisotopic (exact) mass is 389 g/mol. The van der Waals surface area contributed by atoms with Gasteiger partial charge >= 0.3 is 0 Å². The van der Waals surface area contributed by atoms with Gasteiger partial charge in [0.05, 0.1) is 17.3 Å². The maximum absolute atomic E-state index is 10.2. The highest BCUT2D eigenvalue weighted by atomic mass is 79.9. The third-order valence-corrected chi connectivity index (χ3v) is 4.77. The molecule has 1 aliphatic carbocycles. The highest BCUT2D eigenvalue weighted by Crippen LogP contribution is 2.35. The summed E-state index contributed by atoms with van der Waals surface area (Å²) in [4.78, 5) is 4.18. The fourth-order valence-corrected chi connectivity index (χ4v) is 3.47. The lowest BCUT2D eigenvalue weighted by Gasteiger charge is -2.41. The van der Waals surface area contributed by atoms with E-state index in [2.05, 4.69) is 36.4 Å². The van der Waals surface area contributed by atoms with Crippen molar-refractivity contribution < 1.29 is 10.2 Å². The number of aromatic hydroxyl groups is 1. The average molecular weight is 390 g/mol. The Balaban J connectivity index is 1.72. The van der Waals surface area contributed by atoms with Crippen LogP contribution in [0, 0.1) is 0 Å². The molecular formula is C16H16BrN5O2. The number of hydrogen-bond acceptors (Lipinski definition) is 6. The third-order valence-electron chi connectivity index (χ3n) is 4.27. The van der Waals surface area contributed by atoms with E-state index in [0.717, 1.165) is 9.99 Å². The molecule has 2 aromatic heterocycles. The third kappa shape index (κ3) is 2.61. The van der Waals surface area contributed by atoms with E-state index in [4.69, 9.17) is 0 Å². The summed E-state index contributed by atoms with van der Waals surface area (Å²) in [6, 6.07) is 5.40. The average Bonchev–Trinajstić information content (AvgIpc) is 2.96. The Morgan fingerprint density at radius 1 is 1.33 bits per heavy atom. The molecule has 0 saturated heterocycles. The Kier molecular flexibility index (Phi) is 3.47. The van der Waals surface area contributed by atoms with E-state index < -0.39 is 5.60 Å². The first-order chi connectivity index (χ1) is 11.4. The number of halogens is 1. The van der Waals surface area contributed by atoms with Crippen LogP contribution in [-0.4, -0.2) is 41.4 Å². The van der Waals surface area contributed by atoms with E-state index in [1.165, 1.54) is 0 Å². The van der Waals surface area contributed by atoms with Crippen molar-refractivity contribution in [1.29, 1.82) is 0 Å². The number of benzene rings is 1. The maximum Gasteiger partial charge on any atom is 0.229 e.